The molecule has 2 bridgehead atoms. The van der Waals surface area contributed by atoms with E-state index in [-0.39, 0.29) is 5.91 Å². The van der Waals surface area contributed by atoms with Gasteiger partial charge < -0.3 is 19.1 Å². The van der Waals surface area contributed by atoms with E-state index in [2.05, 4.69) is 10.1 Å². The summed E-state index contributed by atoms with van der Waals surface area (Å²) in [5.41, 5.74) is 1.50. The van der Waals surface area contributed by atoms with Gasteiger partial charge in [-0.2, -0.15) is 0 Å². The van der Waals surface area contributed by atoms with Gasteiger partial charge in [0.2, 0.25) is 0 Å². The normalized spacial score (nSPS) is 24.0. The predicted molar refractivity (Wildman–Crippen MR) is 107 cm³/mol. The molecule has 0 unspecified atom stereocenters. The minimum absolute atomic E-state index is 0.0746. The van der Waals surface area contributed by atoms with Gasteiger partial charge in [0.25, 0.3) is 5.91 Å². The van der Waals surface area contributed by atoms with Gasteiger partial charge in [0, 0.05) is 31.7 Å². The van der Waals surface area contributed by atoms with Crippen molar-refractivity contribution in [2.45, 2.75) is 32.1 Å². The number of amides is 1. The highest BCUT2D eigenvalue weighted by atomic mass is 16.5. The van der Waals surface area contributed by atoms with Crippen LogP contribution in [0, 0.1) is 11.8 Å². The Morgan fingerprint density at radius 3 is 2.43 bits per heavy atom. The molecule has 28 heavy (non-hydrogen) atoms. The summed E-state index contributed by atoms with van der Waals surface area (Å²) in [5.74, 6) is 3.46. The lowest BCUT2D eigenvalue weighted by Gasteiger charge is -2.32. The average Bonchev–Trinajstić information content (AvgIpc) is 3.47. The molecule has 3 fully saturated rings. The molecule has 0 spiro atoms. The van der Waals surface area contributed by atoms with Crippen molar-refractivity contribution in [2.24, 2.45) is 11.8 Å². The Bertz CT molecular complexity index is 842. The van der Waals surface area contributed by atoms with Gasteiger partial charge in [0.1, 0.15) is 11.3 Å². The quantitative estimate of drug-likeness (QED) is 0.806. The smallest absolute Gasteiger partial charge is 0.261 e. The zero-order chi connectivity index (χ0) is 19.1. The van der Waals surface area contributed by atoms with Crippen LogP contribution in [0.3, 0.4) is 0 Å². The third-order valence-corrected chi connectivity index (χ3v) is 6.54. The minimum atomic E-state index is 0.0746. The first-order chi connectivity index (χ1) is 13.7. The number of methoxy groups -OCH3 is 1. The van der Waals surface area contributed by atoms with E-state index in [4.69, 9.17) is 9.26 Å². The molecule has 3 heterocycles. The predicted octanol–water partition coefficient (Wildman–Crippen LogP) is 3.82. The lowest BCUT2D eigenvalue weighted by molar-refractivity contribution is 0.0663. The summed E-state index contributed by atoms with van der Waals surface area (Å²) >= 11 is 0. The molecule has 0 radical (unpaired) electrons. The van der Waals surface area contributed by atoms with Crippen molar-refractivity contribution >= 4 is 11.7 Å². The number of likely N-dealkylation sites (tertiary alicyclic amines) is 1. The number of carbonyl (C=O) groups is 1. The van der Waals surface area contributed by atoms with E-state index in [9.17, 15) is 4.79 Å². The number of ether oxygens (including phenoxy) is 1. The molecule has 148 valence electrons. The first-order valence-corrected chi connectivity index (χ1v) is 10.4. The zero-order valence-corrected chi connectivity index (χ0v) is 16.4. The van der Waals surface area contributed by atoms with Gasteiger partial charge in [-0.15, -0.1) is 0 Å². The molecule has 2 aromatic rings. The molecule has 2 aliphatic heterocycles. The number of piperidine rings is 1. The van der Waals surface area contributed by atoms with E-state index in [1.807, 2.05) is 29.2 Å². The molecule has 6 nitrogen and oxygen atoms in total. The third kappa shape index (κ3) is 3.05. The molecule has 2 saturated heterocycles. The summed E-state index contributed by atoms with van der Waals surface area (Å²) in [4.78, 5) is 17.9. The number of aromatic nitrogens is 1. The maximum Gasteiger partial charge on any atom is 0.261 e. The molecule has 5 rings (SSSR count). The molecule has 0 N–H and O–H groups in total. The first kappa shape index (κ1) is 17.6. The second-order valence-corrected chi connectivity index (χ2v) is 8.39. The van der Waals surface area contributed by atoms with E-state index in [0.717, 1.165) is 50.3 Å². The number of nitrogens with zero attached hydrogens (tertiary/aromatic N) is 3. The van der Waals surface area contributed by atoms with Crippen molar-refractivity contribution in [1.82, 2.24) is 10.1 Å². The molecule has 1 aliphatic carbocycles. The van der Waals surface area contributed by atoms with E-state index < -0.39 is 0 Å². The molecule has 1 aromatic carbocycles. The number of fused-ring (bicyclic) bond motifs is 2. The number of rotatable bonds is 4. The topological polar surface area (TPSA) is 58.8 Å². The molecular formula is C22H27N3O3. The van der Waals surface area contributed by atoms with Crippen LogP contribution in [-0.4, -0.2) is 49.3 Å². The van der Waals surface area contributed by atoms with E-state index >= 15 is 0 Å². The number of carbonyl (C=O) groups excluding carboxylic acids is 1. The SMILES string of the molecule is COc1ccc(-c2onc(N3CCCC3)c2C(=O)N2C[C@@H]3CC[C@@H](C3)C2)cc1. The Labute approximate surface area is 165 Å². The van der Waals surface area contributed by atoms with Crippen molar-refractivity contribution in [3.63, 3.8) is 0 Å². The summed E-state index contributed by atoms with van der Waals surface area (Å²) in [6, 6.07) is 7.65. The Hall–Kier alpha value is -2.50. The summed E-state index contributed by atoms with van der Waals surface area (Å²) in [6.07, 6.45) is 6.04. The van der Waals surface area contributed by atoms with E-state index in [1.54, 1.807) is 7.11 Å². The van der Waals surface area contributed by atoms with Gasteiger partial charge in [-0.3, -0.25) is 4.79 Å². The highest BCUT2D eigenvalue weighted by Gasteiger charge is 2.38. The lowest BCUT2D eigenvalue weighted by atomic mass is 9.97. The van der Waals surface area contributed by atoms with E-state index in [1.165, 1.54) is 19.3 Å². The molecule has 1 amide bonds. The summed E-state index contributed by atoms with van der Waals surface area (Å²) in [5, 5.41) is 4.36. The summed E-state index contributed by atoms with van der Waals surface area (Å²) < 4.78 is 11.0. The van der Waals surface area contributed by atoms with Crippen molar-refractivity contribution in [2.75, 3.05) is 38.2 Å². The van der Waals surface area contributed by atoms with Crippen LogP contribution in [0.4, 0.5) is 5.82 Å². The molecular weight excluding hydrogens is 354 g/mol. The Morgan fingerprint density at radius 2 is 1.79 bits per heavy atom. The van der Waals surface area contributed by atoms with Crippen LogP contribution in [0.15, 0.2) is 28.8 Å². The lowest BCUT2D eigenvalue weighted by Crippen LogP contribution is -2.41. The monoisotopic (exact) mass is 381 g/mol. The van der Waals surface area contributed by atoms with Gasteiger partial charge in [0.15, 0.2) is 11.6 Å². The Kier molecular flexibility index (Phi) is 4.49. The highest BCUT2D eigenvalue weighted by molar-refractivity contribution is 6.04. The van der Waals surface area contributed by atoms with Crippen LogP contribution in [0.1, 0.15) is 42.5 Å². The van der Waals surface area contributed by atoms with Gasteiger partial charge in [0.05, 0.1) is 7.11 Å². The number of benzene rings is 1. The van der Waals surface area contributed by atoms with Gasteiger partial charge in [-0.25, -0.2) is 0 Å². The van der Waals surface area contributed by atoms with E-state index in [0.29, 0.717) is 29.0 Å². The fourth-order valence-electron chi connectivity index (χ4n) is 5.09. The number of hydrogen-bond donors (Lipinski definition) is 0. The minimum Gasteiger partial charge on any atom is -0.497 e. The fourth-order valence-corrected chi connectivity index (χ4v) is 5.09. The molecule has 1 saturated carbocycles. The summed E-state index contributed by atoms with van der Waals surface area (Å²) in [6.45, 7) is 3.59. The van der Waals surface area contributed by atoms with Gasteiger partial charge in [-0.05, 0) is 68.2 Å². The largest absolute Gasteiger partial charge is 0.497 e. The molecule has 2 atom stereocenters. The van der Waals surface area contributed by atoms with Crippen LogP contribution >= 0.6 is 0 Å². The third-order valence-electron chi connectivity index (χ3n) is 6.54. The van der Waals surface area contributed by atoms with Crippen molar-refractivity contribution < 1.29 is 14.1 Å². The summed E-state index contributed by atoms with van der Waals surface area (Å²) in [7, 11) is 1.65. The number of hydrogen-bond acceptors (Lipinski definition) is 5. The highest BCUT2D eigenvalue weighted by Crippen LogP contribution is 2.39. The van der Waals surface area contributed by atoms with Crippen molar-refractivity contribution in [3.8, 4) is 17.1 Å². The van der Waals surface area contributed by atoms with Crippen LogP contribution < -0.4 is 9.64 Å². The van der Waals surface area contributed by atoms with Crippen LogP contribution in [0.5, 0.6) is 5.75 Å². The molecule has 1 aromatic heterocycles. The molecule has 6 heteroatoms. The average molecular weight is 381 g/mol. The van der Waals surface area contributed by atoms with Crippen LogP contribution in [0.25, 0.3) is 11.3 Å². The fraction of sp³-hybridized carbons (Fsp3) is 0.545. The second kappa shape index (κ2) is 7.15. The standard InChI is InChI=1S/C22H27N3O3/c1-27-18-8-6-17(7-9-18)20-19(21(23-28-20)24-10-2-3-11-24)22(26)25-13-15-4-5-16(12-15)14-25/h6-9,15-16H,2-5,10-14H2,1H3/t15-,16+. The maximum absolute atomic E-state index is 13.6. The van der Waals surface area contributed by atoms with Gasteiger partial charge >= 0.3 is 0 Å². The number of anilines is 1. The van der Waals surface area contributed by atoms with Crippen molar-refractivity contribution in [3.05, 3.63) is 29.8 Å². The van der Waals surface area contributed by atoms with Crippen LogP contribution in [0.2, 0.25) is 0 Å². The van der Waals surface area contributed by atoms with Crippen LogP contribution in [-0.2, 0) is 0 Å². The maximum atomic E-state index is 13.6. The van der Waals surface area contributed by atoms with Crippen molar-refractivity contribution in [1.29, 1.82) is 0 Å². The van der Waals surface area contributed by atoms with Gasteiger partial charge in [-0.1, -0.05) is 5.16 Å². The first-order valence-electron chi connectivity index (χ1n) is 10.4. The second-order valence-electron chi connectivity index (χ2n) is 8.39. The Morgan fingerprint density at radius 1 is 1.11 bits per heavy atom. The Balaban J connectivity index is 1.53. The molecule has 3 aliphatic rings. The zero-order valence-electron chi connectivity index (χ0n) is 16.4.